The predicted molar refractivity (Wildman–Crippen MR) is 84.5 cm³/mol. The van der Waals surface area contributed by atoms with Crippen molar-refractivity contribution in [2.45, 2.75) is 25.7 Å². The summed E-state index contributed by atoms with van der Waals surface area (Å²) in [5.41, 5.74) is 7.90. The third-order valence-corrected chi connectivity index (χ3v) is 5.20. The van der Waals surface area contributed by atoms with Crippen molar-refractivity contribution in [3.63, 3.8) is 0 Å². The molecule has 2 saturated carbocycles. The third kappa shape index (κ3) is 2.62. The number of hydrogen-bond acceptors (Lipinski definition) is 2. The molecule has 3 heteroatoms. The summed E-state index contributed by atoms with van der Waals surface area (Å²) in [5, 5.41) is 0. The van der Waals surface area contributed by atoms with Crippen LogP contribution in [0.15, 0.2) is 24.3 Å². The van der Waals surface area contributed by atoms with E-state index in [1.165, 1.54) is 37.9 Å². The van der Waals surface area contributed by atoms with Crippen molar-refractivity contribution in [3.05, 3.63) is 29.8 Å². The van der Waals surface area contributed by atoms with Crippen molar-refractivity contribution >= 4 is 22.9 Å². The number of rotatable bonds is 4. The summed E-state index contributed by atoms with van der Waals surface area (Å²) in [7, 11) is 2.19. The van der Waals surface area contributed by atoms with E-state index < -0.39 is 0 Å². The number of fused-ring (bicyclic) bond motifs is 2. The van der Waals surface area contributed by atoms with E-state index in [-0.39, 0.29) is 0 Å². The predicted octanol–water partition coefficient (Wildman–Crippen LogP) is 3.19. The Kier molecular flexibility index (Phi) is 3.48. The maximum absolute atomic E-state index is 5.71. The van der Waals surface area contributed by atoms with Crippen LogP contribution in [0.25, 0.3) is 0 Å². The molecule has 0 radical (unpaired) electrons. The first-order valence-electron chi connectivity index (χ1n) is 7.24. The Morgan fingerprint density at radius 2 is 2.21 bits per heavy atom. The molecule has 2 fully saturated rings. The number of hydrogen-bond donors (Lipinski definition) is 1. The number of nitrogens with zero attached hydrogens (tertiary/aromatic N) is 1. The Bertz CT molecular complexity index is 485. The molecule has 0 heterocycles. The number of anilines is 1. The summed E-state index contributed by atoms with van der Waals surface area (Å²) in [4.78, 5) is 2.85. The summed E-state index contributed by atoms with van der Waals surface area (Å²) in [6, 6.07) is 8.28. The molecule has 2 aliphatic carbocycles. The number of nitrogens with two attached hydrogens (primary N) is 1. The smallest absolute Gasteiger partial charge is 0.104 e. The summed E-state index contributed by atoms with van der Waals surface area (Å²) in [5.74, 6) is 2.88. The maximum Gasteiger partial charge on any atom is 0.104 e. The topological polar surface area (TPSA) is 29.3 Å². The standard InChI is InChI=1S/C16H22N2S/c1-18(10-14-8-11-5-6-12(14)7-11)15-4-2-3-13(9-15)16(17)19/h2-4,9,11-12,14H,5-8,10H2,1H3,(H2,17,19). The Labute approximate surface area is 121 Å². The lowest BCUT2D eigenvalue weighted by Gasteiger charge is -2.28. The molecule has 0 amide bonds. The summed E-state index contributed by atoms with van der Waals surface area (Å²) < 4.78 is 0. The van der Waals surface area contributed by atoms with Gasteiger partial charge in [0, 0.05) is 24.8 Å². The van der Waals surface area contributed by atoms with Crippen molar-refractivity contribution in [1.29, 1.82) is 0 Å². The lowest BCUT2D eigenvalue weighted by Crippen LogP contribution is -2.28. The highest BCUT2D eigenvalue weighted by Crippen LogP contribution is 2.48. The number of benzene rings is 1. The van der Waals surface area contributed by atoms with E-state index in [0.29, 0.717) is 4.99 Å². The van der Waals surface area contributed by atoms with Gasteiger partial charge in [0.25, 0.3) is 0 Å². The quantitative estimate of drug-likeness (QED) is 0.855. The molecule has 19 heavy (non-hydrogen) atoms. The van der Waals surface area contributed by atoms with Crippen molar-refractivity contribution < 1.29 is 0 Å². The van der Waals surface area contributed by atoms with Gasteiger partial charge in [-0.2, -0.15) is 0 Å². The molecule has 2 aliphatic rings. The van der Waals surface area contributed by atoms with Crippen molar-refractivity contribution in [1.82, 2.24) is 0 Å². The van der Waals surface area contributed by atoms with Crippen LogP contribution in [0.1, 0.15) is 31.2 Å². The first kappa shape index (κ1) is 12.9. The summed E-state index contributed by atoms with van der Waals surface area (Å²) >= 11 is 5.05. The minimum absolute atomic E-state index is 0.482. The molecule has 2 bridgehead atoms. The summed E-state index contributed by atoms with van der Waals surface area (Å²) in [6.45, 7) is 1.17. The highest BCUT2D eigenvalue weighted by Gasteiger charge is 2.39. The molecular weight excluding hydrogens is 252 g/mol. The van der Waals surface area contributed by atoms with Crippen LogP contribution in [0.4, 0.5) is 5.69 Å². The molecule has 1 aromatic rings. The normalized spacial score (nSPS) is 28.6. The fourth-order valence-electron chi connectivity index (χ4n) is 3.95. The molecule has 102 valence electrons. The van der Waals surface area contributed by atoms with Gasteiger partial charge < -0.3 is 10.6 Å². The van der Waals surface area contributed by atoms with Crippen LogP contribution in [0.2, 0.25) is 0 Å². The van der Waals surface area contributed by atoms with Gasteiger partial charge in [0.15, 0.2) is 0 Å². The second-order valence-electron chi connectivity index (χ2n) is 6.23. The molecule has 0 spiro atoms. The van der Waals surface area contributed by atoms with E-state index in [1.807, 2.05) is 12.1 Å². The van der Waals surface area contributed by atoms with Crippen LogP contribution >= 0.6 is 12.2 Å². The Hall–Kier alpha value is -1.09. The first-order chi connectivity index (χ1) is 9.13. The van der Waals surface area contributed by atoms with Gasteiger partial charge in [-0.15, -0.1) is 0 Å². The fraction of sp³-hybridized carbons (Fsp3) is 0.562. The highest BCUT2D eigenvalue weighted by molar-refractivity contribution is 7.80. The zero-order valence-electron chi connectivity index (χ0n) is 11.5. The van der Waals surface area contributed by atoms with Crippen molar-refractivity contribution in [2.24, 2.45) is 23.5 Å². The zero-order valence-corrected chi connectivity index (χ0v) is 12.3. The zero-order chi connectivity index (χ0) is 13.4. The van der Waals surface area contributed by atoms with Crippen molar-refractivity contribution in [2.75, 3.05) is 18.5 Å². The van der Waals surface area contributed by atoms with Crippen LogP contribution in [-0.4, -0.2) is 18.6 Å². The molecule has 0 saturated heterocycles. The van der Waals surface area contributed by atoms with Gasteiger partial charge >= 0.3 is 0 Å². The van der Waals surface area contributed by atoms with E-state index in [1.54, 1.807) is 0 Å². The maximum atomic E-state index is 5.71. The van der Waals surface area contributed by atoms with E-state index >= 15 is 0 Å². The van der Waals surface area contributed by atoms with E-state index in [2.05, 4.69) is 24.1 Å². The van der Waals surface area contributed by atoms with Gasteiger partial charge in [-0.25, -0.2) is 0 Å². The fourth-order valence-corrected chi connectivity index (χ4v) is 4.08. The lowest BCUT2D eigenvalue weighted by atomic mass is 9.88. The molecule has 0 aromatic heterocycles. The molecule has 2 nitrogen and oxygen atoms in total. The molecule has 3 rings (SSSR count). The molecule has 0 aliphatic heterocycles. The molecule has 3 atom stereocenters. The average Bonchev–Trinajstić information content (AvgIpc) is 3.01. The number of thiocarbonyl (C=S) groups is 1. The second kappa shape index (κ2) is 5.12. The third-order valence-electron chi connectivity index (χ3n) is 4.96. The Balaban J connectivity index is 1.68. The van der Waals surface area contributed by atoms with Gasteiger partial charge in [-0.1, -0.05) is 30.8 Å². The summed E-state index contributed by atoms with van der Waals surface area (Å²) in [6.07, 6.45) is 5.84. The first-order valence-corrected chi connectivity index (χ1v) is 7.65. The van der Waals surface area contributed by atoms with Gasteiger partial charge in [0.2, 0.25) is 0 Å². The minimum atomic E-state index is 0.482. The molecule has 1 aromatic carbocycles. The lowest BCUT2D eigenvalue weighted by molar-refractivity contribution is 0.337. The minimum Gasteiger partial charge on any atom is -0.389 e. The van der Waals surface area contributed by atoms with Crippen LogP contribution in [-0.2, 0) is 0 Å². The second-order valence-corrected chi connectivity index (χ2v) is 6.67. The molecule has 2 N–H and O–H groups in total. The Morgan fingerprint density at radius 3 is 2.84 bits per heavy atom. The average molecular weight is 274 g/mol. The van der Waals surface area contributed by atoms with Crippen LogP contribution in [0.5, 0.6) is 0 Å². The largest absolute Gasteiger partial charge is 0.389 e. The SMILES string of the molecule is CN(CC1CC2CCC1C2)c1cccc(C(N)=S)c1. The van der Waals surface area contributed by atoms with Crippen LogP contribution < -0.4 is 10.6 Å². The monoisotopic (exact) mass is 274 g/mol. The van der Waals surface area contributed by atoms with E-state index in [4.69, 9.17) is 18.0 Å². The van der Waals surface area contributed by atoms with Crippen LogP contribution in [0.3, 0.4) is 0 Å². The molecular formula is C16H22N2S. The van der Waals surface area contributed by atoms with Gasteiger partial charge in [-0.05, 0) is 49.1 Å². The van der Waals surface area contributed by atoms with E-state index in [0.717, 1.165) is 23.3 Å². The molecule has 3 unspecified atom stereocenters. The van der Waals surface area contributed by atoms with Crippen LogP contribution in [0, 0.1) is 17.8 Å². The van der Waals surface area contributed by atoms with Gasteiger partial charge in [-0.3, -0.25) is 0 Å². The van der Waals surface area contributed by atoms with Gasteiger partial charge in [0.1, 0.15) is 4.99 Å². The Morgan fingerprint density at radius 1 is 1.37 bits per heavy atom. The van der Waals surface area contributed by atoms with Crippen molar-refractivity contribution in [3.8, 4) is 0 Å². The van der Waals surface area contributed by atoms with Gasteiger partial charge in [0.05, 0.1) is 0 Å². The highest BCUT2D eigenvalue weighted by atomic mass is 32.1. The van der Waals surface area contributed by atoms with E-state index in [9.17, 15) is 0 Å².